The summed E-state index contributed by atoms with van der Waals surface area (Å²) >= 11 is 0. The van der Waals surface area contributed by atoms with E-state index >= 15 is 0 Å². The fourth-order valence-corrected chi connectivity index (χ4v) is 2.29. The normalized spacial score (nSPS) is 10.4. The molecule has 3 N–H and O–H groups in total. The number of aliphatic hydroxyl groups excluding tert-OH is 1. The van der Waals surface area contributed by atoms with Gasteiger partial charge in [-0.15, -0.1) is 12.4 Å². The number of halogens is 1. The highest BCUT2D eigenvalue weighted by Crippen LogP contribution is 2.20. The van der Waals surface area contributed by atoms with Crippen molar-refractivity contribution in [2.75, 3.05) is 5.73 Å². The Morgan fingerprint density at radius 2 is 1.65 bits per heavy atom. The van der Waals surface area contributed by atoms with E-state index in [-0.39, 0.29) is 19.0 Å². The molecule has 0 aliphatic heterocycles. The molecule has 104 valence electrons. The molecule has 0 amide bonds. The number of fused-ring (bicyclic) bond motifs is 1. The van der Waals surface area contributed by atoms with Gasteiger partial charge in [0, 0.05) is 18.4 Å². The van der Waals surface area contributed by atoms with Crippen molar-refractivity contribution in [1.82, 2.24) is 4.57 Å². The van der Waals surface area contributed by atoms with E-state index in [9.17, 15) is 0 Å². The Morgan fingerprint density at radius 3 is 2.35 bits per heavy atom. The molecule has 0 spiro atoms. The molecule has 0 bridgehead atoms. The summed E-state index contributed by atoms with van der Waals surface area (Å²) in [6.45, 7) is 0.891. The number of nitrogens with zero attached hydrogens (tertiary/aromatic N) is 1. The zero-order chi connectivity index (χ0) is 13.2. The molecule has 3 rings (SSSR count). The SMILES string of the molecule is Cl.Nc1ccc2ccn(Cc3ccc(CO)cc3)c2c1. The number of rotatable bonds is 3. The Kier molecular flexibility index (Phi) is 4.32. The third-order valence-electron chi connectivity index (χ3n) is 3.36. The van der Waals surface area contributed by atoms with Crippen LogP contribution in [0.2, 0.25) is 0 Å². The van der Waals surface area contributed by atoms with Crippen LogP contribution in [0.4, 0.5) is 5.69 Å². The van der Waals surface area contributed by atoms with Crippen LogP contribution in [-0.2, 0) is 13.2 Å². The van der Waals surface area contributed by atoms with Crippen molar-refractivity contribution < 1.29 is 5.11 Å². The second-order valence-corrected chi connectivity index (χ2v) is 4.74. The zero-order valence-electron chi connectivity index (χ0n) is 11.0. The molecular weight excluding hydrogens is 272 g/mol. The summed E-state index contributed by atoms with van der Waals surface area (Å²) in [5.41, 5.74) is 9.91. The van der Waals surface area contributed by atoms with E-state index in [4.69, 9.17) is 10.8 Å². The summed E-state index contributed by atoms with van der Waals surface area (Å²) in [4.78, 5) is 0. The maximum absolute atomic E-state index is 9.04. The Balaban J connectivity index is 0.00000147. The van der Waals surface area contributed by atoms with Gasteiger partial charge in [-0.05, 0) is 34.7 Å². The van der Waals surface area contributed by atoms with Gasteiger partial charge in [-0.1, -0.05) is 30.3 Å². The van der Waals surface area contributed by atoms with Crippen molar-refractivity contribution in [3.63, 3.8) is 0 Å². The third-order valence-corrected chi connectivity index (χ3v) is 3.36. The fraction of sp³-hybridized carbons (Fsp3) is 0.125. The average Bonchev–Trinajstić information content (AvgIpc) is 2.82. The maximum atomic E-state index is 9.04. The van der Waals surface area contributed by atoms with Crippen LogP contribution in [0.1, 0.15) is 11.1 Å². The molecule has 0 unspecified atom stereocenters. The lowest BCUT2D eigenvalue weighted by Crippen LogP contribution is -1.98. The zero-order valence-corrected chi connectivity index (χ0v) is 11.8. The van der Waals surface area contributed by atoms with Crippen LogP contribution in [0, 0.1) is 0 Å². The molecule has 0 atom stereocenters. The quantitative estimate of drug-likeness (QED) is 0.727. The fourth-order valence-electron chi connectivity index (χ4n) is 2.29. The van der Waals surface area contributed by atoms with E-state index in [1.54, 1.807) is 0 Å². The highest BCUT2D eigenvalue weighted by atomic mass is 35.5. The largest absolute Gasteiger partial charge is 0.399 e. The molecule has 0 aliphatic carbocycles. The van der Waals surface area contributed by atoms with Crippen LogP contribution < -0.4 is 5.73 Å². The number of nitrogens with two attached hydrogens (primary N) is 1. The van der Waals surface area contributed by atoms with Crippen LogP contribution >= 0.6 is 12.4 Å². The molecule has 4 heteroatoms. The summed E-state index contributed by atoms with van der Waals surface area (Å²) in [6.07, 6.45) is 2.07. The first kappa shape index (κ1) is 14.4. The van der Waals surface area contributed by atoms with Crippen molar-refractivity contribution >= 4 is 29.0 Å². The van der Waals surface area contributed by atoms with Crippen LogP contribution in [0.5, 0.6) is 0 Å². The van der Waals surface area contributed by atoms with Gasteiger partial charge in [0.05, 0.1) is 12.1 Å². The van der Waals surface area contributed by atoms with Gasteiger partial charge in [-0.2, -0.15) is 0 Å². The van der Waals surface area contributed by atoms with Crippen LogP contribution in [0.3, 0.4) is 0 Å². The molecule has 1 aromatic heterocycles. The molecule has 3 nitrogen and oxygen atoms in total. The van der Waals surface area contributed by atoms with E-state index < -0.39 is 0 Å². The number of benzene rings is 2. The molecule has 0 saturated heterocycles. The van der Waals surface area contributed by atoms with Crippen LogP contribution in [0.15, 0.2) is 54.7 Å². The number of nitrogen functional groups attached to an aromatic ring is 1. The van der Waals surface area contributed by atoms with Gasteiger partial charge in [0.15, 0.2) is 0 Å². The lowest BCUT2D eigenvalue weighted by atomic mass is 10.1. The molecular formula is C16H17ClN2O. The van der Waals surface area contributed by atoms with Crippen molar-refractivity contribution in [3.8, 4) is 0 Å². The molecule has 0 aliphatic rings. The van der Waals surface area contributed by atoms with Crippen molar-refractivity contribution in [1.29, 1.82) is 0 Å². The van der Waals surface area contributed by atoms with E-state index in [2.05, 4.69) is 16.8 Å². The summed E-state index contributed by atoms with van der Waals surface area (Å²) in [5.74, 6) is 0. The van der Waals surface area contributed by atoms with Gasteiger partial charge < -0.3 is 15.4 Å². The summed E-state index contributed by atoms with van der Waals surface area (Å²) in [6, 6.07) is 16.0. The number of aliphatic hydroxyl groups is 1. The standard InChI is InChI=1S/C16H16N2O.ClH/c17-15-6-5-14-7-8-18(16(14)9-15)10-12-1-3-13(11-19)4-2-12;/h1-9,19H,10-11,17H2;1H. The predicted octanol–water partition coefficient (Wildman–Crippen LogP) is 3.19. The number of hydrogen-bond acceptors (Lipinski definition) is 2. The second-order valence-electron chi connectivity index (χ2n) is 4.74. The van der Waals surface area contributed by atoms with E-state index in [1.807, 2.05) is 42.5 Å². The van der Waals surface area contributed by atoms with Gasteiger partial charge in [0.2, 0.25) is 0 Å². The Hall–Kier alpha value is -1.97. The number of anilines is 1. The molecule has 20 heavy (non-hydrogen) atoms. The summed E-state index contributed by atoms with van der Waals surface area (Å²) in [5, 5.41) is 10.2. The maximum Gasteiger partial charge on any atom is 0.0681 e. The van der Waals surface area contributed by atoms with Gasteiger partial charge in [0.25, 0.3) is 0 Å². The van der Waals surface area contributed by atoms with Gasteiger partial charge in [-0.25, -0.2) is 0 Å². The Labute approximate surface area is 124 Å². The highest BCUT2D eigenvalue weighted by Gasteiger charge is 2.02. The molecule has 3 aromatic rings. The highest BCUT2D eigenvalue weighted by molar-refractivity contribution is 5.85. The van der Waals surface area contributed by atoms with Gasteiger partial charge in [-0.3, -0.25) is 0 Å². The first-order valence-electron chi connectivity index (χ1n) is 6.29. The third kappa shape index (κ3) is 2.79. The second kappa shape index (κ2) is 5.99. The predicted molar refractivity (Wildman–Crippen MR) is 85.1 cm³/mol. The van der Waals surface area contributed by atoms with Crippen LogP contribution in [0.25, 0.3) is 10.9 Å². The topological polar surface area (TPSA) is 51.2 Å². The van der Waals surface area contributed by atoms with Gasteiger partial charge >= 0.3 is 0 Å². The van der Waals surface area contributed by atoms with E-state index in [0.29, 0.717) is 0 Å². The summed E-state index contributed by atoms with van der Waals surface area (Å²) < 4.78 is 2.18. The minimum atomic E-state index is 0. The smallest absolute Gasteiger partial charge is 0.0681 e. The molecule has 2 aromatic carbocycles. The lowest BCUT2D eigenvalue weighted by Gasteiger charge is -2.07. The van der Waals surface area contributed by atoms with E-state index in [0.717, 1.165) is 23.3 Å². The number of hydrogen-bond donors (Lipinski definition) is 2. The molecule has 0 fully saturated rings. The molecule has 0 saturated carbocycles. The van der Waals surface area contributed by atoms with Crippen molar-refractivity contribution in [2.24, 2.45) is 0 Å². The van der Waals surface area contributed by atoms with E-state index in [1.165, 1.54) is 10.9 Å². The average molecular weight is 289 g/mol. The first-order valence-corrected chi connectivity index (χ1v) is 6.29. The first-order chi connectivity index (χ1) is 9.26. The molecule has 1 heterocycles. The Bertz CT molecular complexity index is 704. The minimum Gasteiger partial charge on any atom is -0.399 e. The van der Waals surface area contributed by atoms with Crippen molar-refractivity contribution in [2.45, 2.75) is 13.2 Å². The summed E-state index contributed by atoms with van der Waals surface area (Å²) in [7, 11) is 0. The minimum absolute atomic E-state index is 0. The lowest BCUT2D eigenvalue weighted by molar-refractivity contribution is 0.282. The van der Waals surface area contributed by atoms with Crippen molar-refractivity contribution in [3.05, 3.63) is 65.9 Å². The molecule has 0 radical (unpaired) electrons. The number of aromatic nitrogens is 1. The monoisotopic (exact) mass is 288 g/mol. The van der Waals surface area contributed by atoms with Crippen LogP contribution in [-0.4, -0.2) is 9.67 Å². The van der Waals surface area contributed by atoms with Gasteiger partial charge in [0.1, 0.15) is 0 Å². The Morgan fingerprint density at radius 1 is 0.950 bits per heavy atom.